The molecule has 100 valence electrons. The summed E-state index contributed by atoms with van der Waals surface area (Å²) in [6.45, 7) is 5.53. The number of rotatable bonds is 4. The van der Waals surface area contributed by atoms with Gasteiger partial charge in [-0.05, 0) is 25.2 Å². The van der Waals surface area contributed by atoms with Crippen LogP contribution in [0.15, 0.2) is 0 Å². The minimum absolute atomic E-state index is 0.0928. The molecule has 0 aromatic carbocycles. The third kappa shape index (κ3) is 2.69. The molecule has 1 aliphatic heterocycles. The first-order valence-corrected chi connectivity index (χ1v) is 6.34. The molecule has 0 amide bonds. The lowest BCUT2D eigenvalue weighted by molar-refractivity contribution is 0.0646. The molecule has 0 bridgehead atoms. The van der Waals surface area contributed by atoms with Crippen LogP contribution in [0, 0.1) is 5.92 Å². The Labute approximate surface area is 106 Å². The minimum atomic E-state index is -0.996. The number of carboxylic acid groups (broad SMARTS) is 1. The Hall–Kier alpha value is -1.43. The molecule has 0 saturated carbocycles. The highest BCUT2D eigenvalue weighted by molar-refractivity contribution is 5.86. The topological polar surface area (TPSA) is 77.2 Å². The molecule has 1 aliphatic rings. The number of aromatic carboxylic acids is 1. The first kappa shape index (κ1) is 13.0. The smallest absolute Gasteiger partial charge is 0.358 e. The highest BCUT2D eigenvalue weighted by Gasteiger charge is 2.25. The summed E-state index contributed by atoms with van der Waals surface area (Å²) in [5, 5.41) is 17.0. The zero-order valence-corrected chi connectivity index (χ0v) is 10.8. The van der Waals surface area contributed by atoms with Crippen LogP contribution in [-0.2, 0) is 11.2 Å². The number of hydrogen-bond donors (Lipinski definition) is 1. The summed E-state index contributed by atoms with van der Waals surface area (Å²) in [6, 6.07) is 0.216. The van der Waals surface area contributed by atoms with Crippen molar-refractivity contribution in [3.8, 4) is 0 Å². The van der Waals surface area contributed by atoms with Crippen LogP contribution in [0.5, 0.6) is 0 Å². The van der Waals surface area contributed by atoms with E-state index in [1.54, 1.807) is 4.68 Å². The zero-order chi connectivity index (χ0) is 13.1. The van der Waals surface area contributed by atoms with Gasteiger partial charge in [0, 0.05) is 13.2 Å². The number of ether oxygens (including phenoxy) is 1. The first-order chi connectivity index (χ1) is 8.59. The highest BCUT2D eigenvalue weighted by atomic mass is 16.5. The fourth-order valence-corrected chi connectivity index (χ4v) is 2.28. The van der Waals surface area contributed by atoms with Crippen LogP contribution in [0.2, 0.25) is 0 Å². The van der Waals surface area contributed by atoms with Crippen LogP contribution >= 0.6 is 0 Å². The third-order valence-corrected chi connectivity index (χ3v) is 3.13. The Balaban J connectivity index is 2.30. The van der Waals surface area contributed by atoms with E-state index in [0.717, 1.165) is 18.5 Å². The molecule has 18 heavy (non-hydrogen) atoms. The standard InChI is InChI=1S/C12H19N3O3/c1-8(2)7-10-11(12(16)17)13-14-15(10)9-3-5-18-6-4-9/h8-9H,3-7H2,1-2H3,(H,16,17). The fourth-order valence-electron chi connectivity index (χ4n) is 2.28. The first-order valence-electron chi connectivity index (χ1n) is 6.34. The van der Waals surface area contributed by atoms with E-state index in [1.165, 1.54) is 0 Å². The van der Waals surface area contributed by atoms with Crippen LogP contribution < -0.4 is 0 Å². The highest BCUT2D eigenvalue weighted by Crippen LogP contribution is 2.24. The van der Waals surface area contributed by atoms with Crippen molar-refractivity contribution in [2.45, 2.75) is 39.2 Å². The van der Waals surface area contributed by atoms with Gasteiger partial charge in [-0.3, -0.25) is 0 Å². The van der Waals surface area contributed by atoms with Crippen LogP contribution in [0.1, 0.15) is 48.9 Å². The van der Waals surface area contributed by atoms with E-state index in [4.69, 9.17) is 9.84 Å². The molecule has 0 radical (unpaired) electrons. The van der Waals surface area contributed by atoms with Gasteiger partial charge in [0.2, 0.25) is 0 Å². The summed E-state index contributed by atoms with van der Waals surface area (Å²) >= 11 is 0. The van der Waals surface area contributed by atoms with Gasteiger partial charge in [-0.15, -0.1) is 5.10 Å². The van der Waals surface area contributed by atoms with Crippen molar-refractivity contribution in [2.75, 3.05) is 13.2 Å². The quantitative estimate of drug-likeness (QED) is 0.880. The second-order valence-electron chi connectivity index (χ2n) is 5.08. The molecule has 2 rings (SSSR count). The maximum atomic E-state index is 11.2. The van der Waals surface area contributed by atoms with Gasteiger partial charge in [0.1, 0.15) is 0 Å². The molecule has 0 aliphatic carbocycles. The van der Waals surface area contributed by atoms with Crippen molar-refractivity contribution >= 4 is 5.97 Å². The number of aromatic nitrogens is 3. The Morgan fingerprint density at radius 3 is 2.72 bits per heavy atom. The van der Waals surface area contributed by atoms with Gasteiger partial charge in [-0.2, -0.15) is 0 Å². The molecule has 0 atom stereocenters. The fraction of sp³-hybridized carbons (Fsp3) is 0.750. The summed E-state index contributed by atoms with van der Waals surface area (Å²) in [5.74, 6) is -0.621. The van der Waals surface area contributed by atoms with Gasteiger partial charge >= 0.3 is 5.97 Å². The number of carboxylic acids is 1. The van der Waals surface area contributed by atoms with E-state index in [-0.39, 0.29) is 11.7 Å². The van der Waals surface area contributed by atoms with Crippen molar-refractivity contribution in [3.05, 3.63) is 11.4 Å². The Morgan fingerprint density at radius 1 is 1.50 bits per heavy atom. The van der Waals surface area contributed by atoms with E-state index in [1.807, 2.05) is 0 Å². The predicted octanol–water partition coefficient (Wildman–Crippen LogP) is 1.53. The molecule has 2 heterocycles. The molecular weight excluding hydrogens is 234 g/mol. The summed E-state index contributed by atoms with van der Waals surface area (Å²) in [7, 11) is 0. The third-order valence-electron chi connectivity index (χ3n) is 3.13. The normalized spacial score (nSPS) is 17.3. The molecule has 1 aromatic heterocycles. The summed E-state index contributed by atoms with van der Waals surface area (Å²) < 4.78 is 7.12. The van der Waals surface area contributed by atoms with Crippen LogP contribution in [0.25, 0.3) is 0 Å². The van der Waals surface area contributed by atoms with Crippen molar-refractivity contribution in [1.29, 1.82) is 0 Å². The minimum Gasteiger partial charge on any atom is -0.476 e. The van der Waals surface area contributed by atoms with E-state index in [0.29, 0.717) is 25.6 Å². The summed E-state index contributed by atoms with van der Waals surface area (Å²) in [6.07, 6.45) is 2.42. The lowest BCUT2D eigenvalue weighted by Crippen LogP contribution is -2.23. The Morgan fingerprint density at radius 2 is 2.17 bits per heavy atom. The molecule has 6 nitrogen and oxygen atoms in total. The second kappa shape index (κ2) is 5.48. The maximum absolute atomic E-state index is 11.2. The molecule has 1 aromatic rings. The molecule has 1 fully saturated rings. The van der Waals surface area contributed by atoms with Crippen molar-refractivity contribution in [1.82, 2.24) is 15.0 Å². The van der Waals surface area contributed by atoms with Crippen molar-refractivity contribution < 1.29 is 14.6 Å². The molecule has 0 unspecified atom stereocenters. The van der Waals surface area contributed by atoms with E-state index >= 15 is 0 Å². The van der Waals surface area contributed by atoms with E-state index in [9.17, 15) is 4.79 Å². The zero-order valence-electron chi connectivity index (χ0n) is 10.8. The van der Waals surface area contributed by atoms with E-state index < -0.39 is 5.97 Å². The predicted molar refractivity (Wildman–Crippen MR) is 64.6 cm³/mol. The Bertz CT molecular complexity index is 422. The van der Waals surface area contributed by atoms with Gasteiger partial charge in [0.05, 0.1) is 11.7 Å². The molecule has 0 spiro atoms. The van der Waals surface area contributed by atoms with Crippen LogP contribution in [0.4, 0.5) is 0 Å². The number of carbonyl (C=O) groups is 1. The summed E-state index contributed by atoms with van der Waals surface area (Å²) in [5.41, 5.74) is 0.833. The number of hydrogen-bond acceptors (Lipinski definition) is 4. The van der Waals surface area contributed by atoms with Crippen LogP contribution in [0.3, 0.4) is 0 Å². The molecule has 1 N–H and O–H groups in total. The molecule has 1 saturated heterocycles. The van der Waals surface area contributed by atoms with Crippen molar-refractivity contribution in [3.63, 3.8) is 0 Å². The largest absolute Gasteiger partial charge is 0.476 e. The van der Waals surface area contributed by atoms with Gasteiger partial charge in [-0.1, -0.05) is 19.1 Å². The number of nitrogens with zero attached hydrogens (tertiary/aromatic N) is 3. The summed E-state index contributed by atoms with van der Waals surface area (Å²) in [4.78, 5) is 11.2. The van der Waals surface area contributed by atoms with Gasteiger partial charge in [-0.25, -0.2) is 9.48 Å². The lowest BCUT2D eigenvalue weighted by Gasteiger charge is -2.24. The van der Waals surface area contributed by atoms with Gasteiger partial charge in [0.15, 0.2) is 5.69 Å². The molecular formula is C12H19N3O3. The van der Waals surface area contributed by atoms with Crippen LogP contribution in [-0.4, -0.2) is 39.3 Å². The van der Waals surface area contributed by atoms with Gasteiger partial charge in [0.25, 0.3) is 0 Å². The average Bonchev–Trinajstić information content (AvgIpc) is 2.73. The van der Waals surface area contributed by atoms with E-state index in [2.05, 4.69) is 24.2 Å². The SMILES string of the molecule is CC(C)Cc1c(C(=O)O)nnn1C1CCOCC1. The van der Waals surface area contributed by atoms with Gasteiger partial charge < -0.3 is 9.84 Å². The maximum Gasteiger partial charge on any atom is 0.358 e. The average molecular weight is 253 g/mol. The molecule has 6 heteroatoms. The van der Waals surface area contributed by atoms with Crippen molar-refractivity contribution in [2.24, 2.45) is 5.92 Å². The Kier molecular flexibility index (Phi) is 3.96. The lowest BCUT2D eigenvalue weighted by atomic mass is 10.0. The second-order valence-corrected chi connectivity index (χ2v) is 5.08. The monoisotopic (exact) mass is 253 g/mol.